The van der Waals surface area contributed by atoms with Crippen LogP contribution in [0.3, 0.4) is 0 Å². The van der Waals surface area contributed by atoms with Gasteiger partial charge in [0, 0.05) is 32.3 Å². The van der Waals surface area contributed by atoms with Crippen molar-refractivity contribution in [3.05, 3.63) is 0 Å². The molecule has 1 N–H and O–H groups in total. The molecule has 1 saturated heterocycles. The summed E-state index contributed by atoms with van der Waals surface area (Å²) in [5, 5.41) is 3.64. The number of hydrogen-bond acceptors (Lipinski definition) is 3. The third kappa shape index (κ3) is 4.52. The second kappa shape index (κ2) is 8.13. The molecule has 106 valence electrons. The highest BCUT2D eigenvalue weighted by atomic mass is 16.5. The average Bonchev–Trinajstić information content (AvgIpc) is 2.74. The van der Waals surface area contributed by atoms with E-state index in [1.54, 1.807) is 0 Å². The van der Waals surface area contributed by atoms with Crippen LogP contribution in [0.1, 0.15) is 51.4 Å². The standard InChI is InChI=1S/C15H30N2O/c1-18-12-11-17(13-14-7-6-10-16-14)15-8-4-2-3-5-9-15/h14-16H,2-13H2,1H3. The Morgan fingerprint density at radius 1 is 1.06 bits per heavy atom. The lowest BCUT2D eigenvalue weighted by Crippen LogP contribution is -2.44. The number of rotatable bonds is 6. The van der Waals surface area contributed by atoms with Crippen molar-refractivity contribution in [3.8, 4) is 0 Å². The second-order valence-corrected chi connectivity index (χ2v) is 5.93. The molecule has 0 radical (unpaired) electrons. The first kappa shape index (κ1) is 14.3. The molecule has 0 aromatic carbocycles. The lowest BCUT2D eigenvalue weighted by atomic mass is 10.1. The van der Waals surface area contributed by atoms with Gasteiger partial charge in [0.2, 0.25) is 0 Å². The Bertz CT molecular complexity index is 209. The van der Waals surface area contributed by atoms with Crippen LogP contribution in [0.5, 0.6) is 0 Å². The Morgan fingerprint density at radius 2 is 1.83 bits per heavy atom. The fraction of sp³-hybridized carbons (Fsp3) is 1.00. The molecule has 1 unspecified atom stereocenters. The molecule has 0 aromatic rings. The van der Waals surface area contributed by atoms with Crippen molar-refractivity contribution in [2.24, 2.45) is 0 Å². The Morgan fingerprint density at radius 3 is 2.44 bits per heavy atom. The van der Waals surface area contributed by atoms with Crippen molar-refractivity contribution in [1.82, 2.24) is 10.2 Å². The van der Waals surface area contributed by atoms with Crippen LogP contribution in [-0.4, -0.2) is 50.3 Å². The number of nitrogens with one attached hydrogen (secondary N) is 1. The largest absolute Gasteiger partial charge is 0.383 e. The van der Waals surface area contributed by atoms with Gasteiger partial charge in [-0.15, -0.1) is 0 Å². The van der Waals surface area contributed by atoms with E-state index in [0.717, 1.165) is 25.2 Å². The van der Waals surface area contributed by atoms with Gasteiger partial charge in [-0.2, -0.15) is 0 Å². The van der Waals surface area contributed by atoms with E-state index in [2.05, 4.69) is 10.2 Å². The van der Waals surface area contributed by atoms with E-state index in [-0.39, 0.29) is 0 Å². The summed E-state index contributed by atoms with van der Waals surface area (Å²) in [6, 6.07) is 1.54. The summed E-state index contributed by atoms with van der Waals surface area (Å²) >= 11 is 0. The zero-order chi connectivity index (χ0) is 12.6. The molecule has 1 saturated carbocycles. The highest BCUT2D eigenvalue weighted by Gasteiger charge is 2.24. The summed E-state index contributed by atoms with van der Waals surface area (Å²) < 4.78 is 5.30. The summed E-state index contributed by atoms with van der Waals surface area (Å²) in [7, 11) is 1.82. The first-order valence-electron chi connectivity index (χ1n) is 7.86. The molecule has 3 heteroatoms. The number of methoxy groups -OCH3 is 1. The van der Waals surface area contributed by atoms with Crippen LogP contribution >= 0.6 is 0 Å². The molecule has 2 fully saturated rings. The minimum Gasteiger partial charge on any atom is -0.383 e. The van der Waals surface area contributed by atoms with Gasteiger partial charge in [0.1, 0.15) is 0 Å². The summed E-state index contributed by atoms with van der Waals surface area (Å²) in [5.41, 5.74) is 0. The third-order valence-corrected chi connectivity index (χ3v) is 4.54. The van der Waals surface area contributed by atoms with Crippen molar-refractivity contribution in [1.29, 1.82) is 0 Å². The van der Waals surface area contributed by atoms with Crippen LogP contribution in [0.15, 0.2) is 0 Å². The molecule has 1 aliphatic heterocycles. The quantitative estimate of drug-likeness (QED) is 0.737. The van der Waals surface area contributed by atoms with Gasteiger partial charge in [-0.05, 0) is 32.2 Å². The van der Waals surface area contributed by atoms with E-state index in [0.29, 0.717) is 0 Å². The van der Waals surface area contributed by atoms with Gasteiger partial charge < -0.3 is 10.1 Å². The molecular weight excluding hydrogens is 224 g/mol. The van der Waals surface area contributed by atoms with Crippen molar-refractivity contribution in [2.75, 3.05) is 33.4 Å². The molecule has 1 atom stereocenters. The van der Waals surface area contributed by atoms with E-state index in [1.165, 1.54) is 64.5 Å². The SMILES string of the molecule is COCCN(CC1CCCN1)C1CCCCCC1. The summed E-state index contributed by atoms with van der Waals surface area (Å²) in [5.74, 6) is 0. The minimum absolute atomic E-state index is 0.727. The maximum absolute atomic E-state index is 5.30. The summed E-state index contributed by atoms with van der Waals surface area (Å²) in [4.78, 5) is 2.71. The van der Waals surface area contributed by atoms with Gasteiger partial charge in [-0.3, -0.25) is 4.90 Å². The van der Waals surface area contributed by atoms with Crippen molar-refractivity contribution in [2.45, 2.75) is 63.5 Å². The minimum atomic E-state index is 0.727. The van der Waals surface area contributed by atoms with Crippen molar-refractivity contribution in [3.63, 3.8) is 0 Å². The summed E-state index contributed by atoms with van der Waals surface area (Å²) in [6.07, 6.45) is 11.2. The van der Waals surface area contributed by atoms with Crippen molar-refractivity contribution < 1.29 is 4.74 Å². The Hall–Kier alpha value is -0.120. The van der Waals surface area contributed by atoms with Crippen LogP contribution < -0.4 is 5.32 Å². The Labute approximate surface area is 112 Å². The molecule has 0 spiro atoms. The summed E-state index contributed by atoms with van der Waals surface area (Å²) in [6.45, 7) is 4.43. The maximum atomic E-state index is 5.30. The van der Waals surface area contributed by atoms with Crippen molar-refractivity contribution >= 4 is 0 Å². The molecule has 0 amide bonds. The molecule has 3 nitrogen and oxygen atoms in total. The molecule has 0 aromatic heterocycles. The van der Waals surface area contributed by atoms with Gasteiger partial charge >= 0.3 is 0 Å². The Kier molecular flexibility index (Phi) is 6.46. The van der Waals surface area contributed by atoms with Gasteiger partial charge in [0.05, 0.1) is 6.61 Å². The van der Waals surface area contributed by atoms with E-state index in [1.807, 2.05) is 7.11 Å². The predicted molar refractivity (Wildman–Crippen MR) is 76.0 cm³/mol. The van der Waals surface area contributed by atoms with E-state index in [9.17, 15) is 0 Å². The van der Waals surface area contributed by atoms with Crippen LogP contribution in [0, 0.1) is 0 Å². The zero-order valence-electron chi connectivity index (χ0n) is 12.0. The third-order valence-electron chi connectivity index (χ3n) is 4.54. The zero-order valence-corrected chi connectivity index (χ0v) is 12.0. The van der Waals surface area contributed by atoms with E-state index >= 15 is 0 Å². The molecule has 1 heterocycles. The van der Waals surface area contributed by atoms with Crippen LogP contribution in [0.2, 0.25) is 0 Å². The number of hydrogen-bond donors (Lipinski definition) is 1. The molecule has 2 aliphatic rings. The van der Waals surface area contributed by atoms with Gasteiger partial charge in [-0.1, -0.05) is 25.7 Å². The monoisotopic (exact) mass is 254 g/mol. The van der Waals surface area contributed by atoms with Gasteiger partial charge in [-0.25, -0.2) is 0 Å². The fourth-order valence-corrected chi connectivity index (χ4v) is 3.45. The van der Waals surface area contributed by atoms with Crippen LogP contribution in [0.25, 0.3) is 0 Å². The number of ether oxygens (including phenoxy) is 1. The topological polar surface area (TPSA) is 24.5 Å². The molecule has 2 rings (SSSR count). The van der Waals surface area contributed by atoms with Crippen LogP contribution in [0.4, 0.5) is 0 Å². The first-order chi connectivity index (χ1) is 8.90. The smallest absolute Gasteiger partial charge is 0.0589 e. The lowest BCUT2D eigenvalue weighted by molar-refractivity contribution is 0.105. The maximum Gasteiger partial charge on any atom is 0.0589 e. The predicted octanol–water partition coefficient (Wildman–Crippen LogP) is 2.41. The van der Waals surface area contributed by atoms with E-state index < -0.39 is 0 Å². The van der Waals surface area contributed by atoms with Gasteiger partial charge in [0.15, 0.2) is 0 Å². The molecule has 18 heavy (non-hydrogen) atoms. The molecule has 1 aliphatic carbocycles. The second-order valence-electron chi connectivity index (χ2n) is 5.93. The molecule has 0 bridgehead atoms. The highest BCUT2D eigenvalue weighted by molar-refractivity contribution is 4.82. The Balaban J connectivity index is 1.84. The van der Waals surface area contributed by atoms with E-state index in [4.69, 9.17) is 4.74 Å². The normalized spacial score (nSPS) is 26.7. The lowest BCUT2D eigenvalue weighted by Gasteiger charge is -2.33. The molecular formula is C15H30N2O. The average molecular weight is 254 g/mol. The number of nitrogens with zero attached hydrogens (tertiary/aromatic N) is 1. The first-order valence-corrected chi connectivity index (χ1v) is 7.86. The fourth-order valence-electron chi connectivity index (χ4n) is 3.45. The van der Waals surface area contributed by atoms with Crippen LogP contribution in [-0.2, 0) is 4.74 Å². The van der Waals surface area contributed by atoms with Gasteiger partial charge in [0.25, 0.3) is 0 Å². The highest BCUT2D eigenvalue weighted by Crippen LogP contribution is 2.22.